The van der Waals surface area contributed by atoms with Gasteiger partial charge in [0.05, 0.1) is 18.6 Å². The lowest BCUT2D eigenvalue weighted by Gasteiger charge is -2.30. The molecule has 5 heteroatoms. The molecule has 1 aromatic rings. The second-order valence-corrected chi connectivity index (χ2v) is 8.17. The number of esters is 1. The molecule has 0 aliphatic carbocycles. The zero-order chi connectivity index (χ0) is 19.5. The minimum absolute atomic E-state index is 0.0202. The largest absolute Gasteiger partial charge is 0.466 e. The molecule has 3 atom stereocenters. The van der Waals surface area contributed by atoms with E-state index in [9.17, 15) is 9.59 Å². The number of ether oxygens (including phenoxy) is 2. The van der Waals surface area contributed by atoms with Crippen molar-refractivity contribution >= 4 is 12.1 Å². The van der Waals surface area contributed by atoms with Gasteiger partial charge in [0, 0.05) is 6.54 Å². The summed E-state index contributed by atoms with van der Waals surface area (Å²) in [6.07, 6.45) is -0.385. The van der Waals surface area contributed by atoms with E-state index >= 15 is 0 Å². The second kappa shape index (κ2) is 8.11. The van der Waals surface area contributed by atoms with Crippen LogP contribution in [0, 0.1) is 17.8 Å². The summed E-state index contributed by atoms with van der Waals surface area (Å²) >= 11 is 0. The smallest absolute Gasteiger partial charge is 0.410 e. The number of amides is 1. The van der Waals surface area contributed by atoms with Crippen molar-refractivity contribution in [3.63, 3.8) is 0 Å². The highest BCUT2D eigenvalue weighted by molar-refractivity contribution is 5.78. The van der Waals surface area contributed by atoms with Gasteiger partial charge in [-0.1, -0.05) is 44.2 Å². The van der Waals surface area contributed by atoms with Crippen LogP contribution in [-0.4, -0.2) is 35.7 Å². The van der Waals surface area contributed by atoms with Crippen molar-refractivity contribution in [1.29, 1.82) is 0 Å². The molecule has 1 fully saturated rings. The molecule has 26 heavy (non-hydrogen) atoms. The van der Waals surface area contributed by atoms with Crippen molar-refractivity contribution < 1.29 is 19.1 Å². The maximum Gasteiger partial charge on any atom is 0.410 e. The van der Waals surface area contributed by atoms with Gasteiger partial charge in [0.25, 0.3) is 0 Å². The molecule has 1 heterocycles. The lowest BCUT2D eigenvalue weighted by molar-refractivity contribution is -0.150. The maximum absolute atomic E-state index is 12.9. The highest BCUT2D eigenvalue weighted by atomic mass is 16.6. The van der Waals surface area contributed by atoms with Crippen molar-refractivity contribution in [3.8, 4) is 0 Å². The lowest BCUT2D eigenvalue weighted by atomic mass is 9.81. The molecule has 0 spiro atoms. The number of carbonyl (C=O) groups is 2. The Morgan fingerprint density at radius 3 is 2.31 bits per heavy atom. The van der Waals surface area contributed by atoms with Crippen molar-refractivity contribution in [2.24, 2.45) is 17.8 Å². The summed E-state index contributed by atoms with van der Waals surface area (Å²) in [7, 11) is 0. The molecule has 1 aromatic carbocycles. The van der Waals surface area contributed by atoms with Gasteiger partial charge < -0.3 is 9.47 Å². The molecule has 5 nitrogen and oxygen atoms in total. The fourth-order valence-electron chi connectivity index (χ4n) is 3.60. The predicted molar refractivity (Wildman–Crippen MR) is 101 cm³/mol. The molecule has 0 radical (unpaired) electrons. The first-order valence-corrected chi connectivity index (χ1v) is 9.37. The van der Waals surface area contributed by atoms with Crippen LogP contribution >= 0.6 is 0 Å². The summed E-state index contributed by atoms with van der Waals surface area (Å²) in [4.78, 5) is 27.4. The third kappa shape index (κ3) is 4.57. The summed E-state index contributed by atoms with van der Waals surface area (Å²) < 4.78 is 11.0. The fourth-order valence-corrected chi connectivity index (χ4v) is 3.60. The van der Waals surface area contributed by atoms with Crippen LogP contribution in [0.15, 0.2) is 30.3 Å². The van der Waals surface area contributed by atoms with E-state index in [0.717, 1.165) is 5.56 Å². The number of nitrogens with zero attached hydrogens (tertiary/aromatic N) is 1. The van der Waals surface area contributed by atoms with Crippen molar-refractivity contribution in [2.75, 3.05) is 13.2 Å². The Balaban J connectivity index is 2.45. The average Bonchev–Trinajstić information content (AvgIpc) is 2.95. The van der Waals surface area contributed by atoms with Crippen LogP contribution in [0.25, 0.3) is 0 Å². The number of hydrogen-bond donors (Lipinski definition) is 0. The van der Waals surface area contributed by atoms with Gasteiger partial charge in [-0.3, -0.25) is 9.69 Å². The molecule has 1 amide bonds. The molecular weight excluding hydrogens is 330 g/mol. The van der Waals surface area contributed by atoms with E-state index < -0.39 is 11.5 Å². The molecule has 1 aliphatic heterocycles. The minimum Gasteiger partial charge on any atom is -0.466 e. The van der Waals surface area contributed by atoms with Gasteiger partial charge in [-0.15, -0.1) is 0 Å². The Bertz CT molecular complexity index is 621. The van der Waals surface area contributed by atoms with Crippen LogP contribution in [0.4, 0.5) is 4.79 Å². The van der Waals surface area contributed by atoms with Gasteiger partial charge in [0.1, 0.15) is 5.60 Å². The third-order valence-electron chi connectivity index (χ3n) is 4.73. The average molecular weight is 361 g/mol. The Hall–Kier alpha value is -2.04. The van der Waals surface area contributed by atoms with Crippen LogP contribution in [0.5, 0.6) is 0 Å². The SMILES string of the molecule is CCOC(=O)[C@@H]1[C@@H](C(C)C)CN(C(=O)OC(C)(C)C)[C@H]1c1ccccc1. The van der Waals surface area contributed by atoms with Gasteiger partial charge in [0.2, 0.25) is 0 Å². The van der Waals surface area contributed by atoms with Gasteiger partial charge in [0.15, 0.2) is 0 Å². The molecule has 0 saturated carbocycles. The zero-order valence-corrected chi connectivity index (χ0v) is 16.7. The Morgan fingerprint density at radius 1 is 1.19 bits per heavy atom. The topological polar surface area (TPSA) is 55.8 Å². The number of hydrogen-bond acceptors (Lipinski definition) is 4. The fraction of sp³-hybridized carbons (Fsp3) is 0.619. The third-order valence-corrected chi connectivity index (χ3v) is 4.73. The lowest BCUT2D eigenvalue weighted by Crippen LogP contribution is -2.38. The van der Waals surface area contributed by atoms with Crippen LogP contribution in [0.3, 0.4) is 0 Å². The van der Waals surface area contributed by atoms with E-state index in [1.54, 1.807) is 11.8 Å². The van der Waals surface area contributed by atoms with E-state index in [-0.39, 0.29) is 29.9 Å². The van der Waals surface area contributed by atoms with Crippen LogP contribution in [0.2, 0.25) is 0 Å². The first kappa shape index (κ1) is 20.3. The predicted octanol–water partition coefficient (Wildman–Crippen LogP) is 4.43. The second-order valence-electron chi connectivity index (χ2n) is 8.17. The normalized spacial score (nSPS) is 23.2. The van der Waals surface area contributed by atoms with Gasteiger partial charge >= 0.3 is 12.1 Å². The molecule has 0 unspecified atom stereocenters. The van der Waals surface area contributed by atoms with Crippen molar-refractivity contribution in [2.45, 2.75) is 53.2 Å². The van der Waals surface area contributed by atoms with E-state index in [1.165, 1.54) is 0 Å². The Labute approximate surface area is 156 Å². The highest BCUT2D eigenvalue weighted by Crippen LogP contribution is 2.45. The minimum atomic E-state index is -0.590. The van der Waals surface area contributed by atoms with E-state index in [2.05, 4.69) is 13.8 Å². The highest BCUT2D eigenvalue weighted by Gasteiger charge is 2.51. The maximum atomic E-state index is 12.9. The zero-order valence-electron chi connectivity index (χ0n) is 16.7. The van der Waals surface area contributed by atoms with Gasteiger partial charge in [-0.25, -0.2) is 4.79 Å². The van der Waals surface area contributed by atoms with E-state index in [1.807, 2.05) is 51.1 Å². The van der Waals surface area contributed by atoms with Crippen LogP contribution in [0.1, 0.15) is 53.1 Å². The number of likely N-dealkylation sites (tertiary alicyclic amines) is 1. The van der Waals surface area contributed by atoms with E-state index in [0.29, 0.717) is 13.2 Å². The molecule has 0 N–H and O–H groups in total. The monoisotopic (exact) mass is 361 g/mol. The molecule has 144 valence electrons. The number of carbonyl (C=O) groups excluding carboxylic acids is 2. The van der Waals surface area contributed by atoms with Crippen LogP contribution in [-0.2, 0) is 14.3 Å². The summed E-state index contributed by atoms with van der Waals surface area (Å²) in [6, 6.07) is 9.31. The standard InChI is InChI=1S/C21H31NO4/c1-7-25-19(23)17-16(14(2)3)13-22(20(24)26-21(4,5)6)18(17)15-11-9-8-10-12-15/h8-12,14,16-18H,7,13H2,1-6H3/t16-,17-,18+/m1/s1. The number of benzene rings is 1. The first-order chi connectivity index (χ1) is 12.2. The molecule has 1 aliphatic rings. The van der Waals surface area contributed by atoms with E-state index in [4.69, 9.17) is 9.47 Å². The summed E-state index contributed by atoms with van der Waals surface area (Å²) in [5.74, 6) is -0.384. The van der Waals surface area contributed by atoms with Crippen molar-refractivity contribution in [3.05, 3.63) is 35.9 Å². The quantitative estimate of drug-likeness (QED) is 0.745. The molecule has 0 bridgehead atoms. The Morgan fingerprint density at radius 2 is 1.81 bits per heavy atom. The van der Waals surface area contributed by atoms with Gasteiger partial charge in [-0.05, 0) is 45.1 Å². The molecule has 1 saturated heterocycles. The Kier molecular flexibility index (Phi) is 6.32. The van der Waals surface area contributed by atoms with Gasteiger partial charge in [-0.2, -0.15) is 0 Å². The molecule has 2 rings (SSSR count). The summed E-state index contributed by atoms with van der Waals surface area (Å²) in [5.41, 5.74) is 0.341. The summed E-state index contributed by atoms with van der Waals surface area (Å²) in [6.45, 7) is 12.3. The molecule has 0 aromatic heterocycles. The van der Waals surface area contributed by atoms with Crippen LogP contribution < -0.4 is 0 Å². The number of rotatable bonds is 4. The summed E-state index contributed by atoms with van der Waals surface area (Å²) in [5, 5.41) is 0. The molecular formula is C21H31NO4. The van der Waals surface area contributed by atoms with Crippen molar-refractivity contribution in [1.82, 2.24) is 4.90 Å². The first-order valence-electron chi connectivity index (χ1n) is 9.37.